The molecular formula is C19H17F3O4. The molecule has 0 aromatic heterocycles. The molecule has 138 valence electrons. The topological polar surface area (TPSA) is 52.6 Å². The summed E-state index contributed by atoms with van der Waals surface area (Å²) in [6.07, 6.45) is -5.34. The number of benzene rings is 2. The van der Waals surface area contributed by atoms with Gasteiger partial charge in [-0.2, -0.15) is 13.2 Å². The van der Waals surface area contributed by atoms with E-state index in [1.54, 1.807) is 31.2 Å². The Bertz CT molecular complexity index is 765. The van der Waals surface area contributed by atoms with Crippen molar-refractivity contribution in [3.05, 3.63) is 54.1 Å². The van der Waals surface area contributed by atoms with Gasteiger partial charge in [0.1, 0.15) is 23.0 Å². The quantitative estimate of drug-likeness (QED) is 0.660. The van der Waals surface area contributed by atoms with Gasteiger partial charge in [0, 0.05) is 0 Å². The van der Waals surface area contributed by atoms with E-state index in [1.165, 1.54) is 19.1 Å². The van der Waals surface area contributed by atoms with Crippen LogP contribution in [0.15, 0.2) is 48.5 Å². The first-order valence-corrected chi connectivity index (χ1v) is 7.79. The van der Waals surface area contributed by atoms with Crippen molar-refractivity contribution in [2.45, 2.75) is 32.5 Å². The summed E-state index contributed by atoms with van der Waals surface area (Å²) in [4.78, 5) is 22.7. The first-order chi connectivity index (χ1) is 12.1. The molecule has 1 atom stereocenters. The zero-order valence-electron chi connectivity index (χ0n) is 14.2. The summed E-state index contributed by atoms with van der Waals surface area (Å²) >= 11 is 0. The standard InChI is InChI=1S/C19H17F3O4/c1-12(23)11-18(24)13(2)25-15-7-9-17(10-8-15)26-16-5-3-14(4-6-16)19(20,21)22/h3-10,13H,11H2,1-2H3/t13-/m1/s1. The maximum Gasteiger partial charge on any atom is 0.416 e. The van der Waals surface area contributed by atoms with E-state index in [0.29, 0.717) is 11.5 Å². The van der Waals surface area contributed by atoms with Gasteiger partial charge in [-0.3, -0.25) is 9.59 Å². The normalized spacial score (nSPS) is 12.3. The number of rotatable bonds is 7. The van der Waals surface area contributed by atoms with Crippen LogP contribution in [0.4, 0.5) is 13.2 Å². The van der Waals surface area contributed by atoms with Crippen molar-refractivity contribution in [1.29, 1.82) is 0 Å². The molecule has 0 spiro atoms. The van der Waals surface area contributed by atoms with Crippen molar-refractivity contribution >= 4 is 11.6 Å². The fraction of sp³-hybridized carbons (Fsp3) is 0.263. The first-order valence-electron chi connectivity index (χ1n) is 7.79. The summed E-state index contributed by atoms with van der Waals surface area (Å²) in [5.74, 6) is 0.527. The number of carbonyl (C=O) groups is 2. The number of alkyl halides is 3. The van der Waals surface area contributed by atoms with Gasteiger partial charge in [0.2, 0.25) is 0 Å². The van der Waals surface area contributed by atoms with Crippen molar-refractivity contribution in [3.63, 3.8) is 0 Å². The Morgan fingerprint density at radius 2 is 1.38 bits per heavy atom. The highest BCUT2D eigenvalue weighted by Crippen LogP contribution is 2.31. The second kappa shape index (κ2) is 8.03. The minimum Gasteiger partial charge on any atom is -0.483 e. The van der Waals surface area contributed by atoms with E-state index in [0.717, 1.165) is 12.1 Å². The van der Waals surface area contributed by atoms with Gasteiger partial charge in [-0.05, 0) is 62.4 Å². The number of carbonyl (C=O) groups excluding carboxylic acids is 2. The predicted octanol–water partition coefficient (Wildman–Crippen LogP) is 4.81. The number of hydrogen-bond donors (Lipinski definition) is 0. The molecule has 0 aliphatic heterocycles. The molecule has 2 aromatic carbocycles. The molecular weight excluding hydrogens is 349 g/mol. The summed E-state index contributed by atoms with van der Waals surface area (Å²) in [5.41, 5.74) is -0.752. The minimum absolute atomic E-state index is 0.184. The SMILES string of the molecule is CC(=O)CC(=O)[C@@H](C)Oc1ccc(Oc2ccc(C(F)(F)F)cc2)cc1. The summed E-state index contributed by atoms with van der Waals surface area (Å²) in [5, 5.41) is 0. The molecule has 0 heterocycles. The largest absolute Gasteiger partial charge is 0.483 e. The van der Waals surface area contributed by atoms with E-state index in [-0.39, 0.29) is 23.7 Å². The van der Waals surface area contributed by atoms with Crippen molar-refractivity contribution < 1.29 is 32.2 Å². The second-order valence-electron chi connectivity index (χ2n) is 5.70. The lowest BCUT2D eigenvalue weighted by atomic mass is 10.1. The maximum atomic E-state index is 12.5. The zero-order valence-corrected chi connectivity index (χ0v) is 14.2. The van der Waals surface area contributed by atoms with Crippen LogP contribution in [0.3, 0.4) is 0 Å². The third-order valence-electron chi connectivity index (χ3n) is 3.43. The summed E-state index contributed by atoms with van der Waals surface area (Å²) in [6.45, 7) is 2.88. The number of halogens is 3. The summed E-state index contributed by atoms with van der Waals surface area (Å²) < 4.78 is 48.5. The average Bonchev–Trinajstić information content (AvgIpc) is 2.55. The minimum atomic E-state index is -4.39. The van der Waals surface area contributed by atoms with Crippen LogP contribution in [0.25, 0.3) is 0 Å². The Morgan fingerprint density at radius 3 is 1.85 bits per heavy atom. The van der Waals surface area contributed by atoms with E-state index in [9.17, 15) is 22.8 Å². The number of ether oxygens (including phenoxy) is 2. The predicted molar refractivity (Wildman–Crippen MR) is 88.4 cm³/mol. The molecule has 0 aliphatic carbocycles. The van der Waals surface area contributed by atoms with Crippen LogP contribution in [0.1, 0.15) is 25.8 Å². The molecule has 0 saturated carbocycles. The molecule has 0 N–H and O–H groups in total. The van der Waals surface area contributed by atoms with Gasteiger partial charge in [0.25, 0.3) is 0 Å². The third-order valence-corrected chi connectivity index (χ3v) is 3.43. The Balaban J connectivity index is 1.97. The van der Waals surface area contributed by atoms with Gasteiger partial charge in [0.15, 0.2) is 11.9 Å². The highest BCUT2D eigenvalue weighted by Gasteiger charge is 2.30. The van der Waals surface area contributed by atoms with E-state index in [1.807, 2.05) is 0 Å². The first kappa shape index (κ1) is 19.5. The molecule has 0 unspecified atom stereocenters. The van der Waals surface area contributed by atoms with Gasteiger partial charge >= 0.3 is 6.18 Å². The zero-order chi connectivity index (χ0) is 19.3. The van der Waals surface area contributed by atoms with Crippen LogP contribution in [0.5, 0.6) is 17.2 Å². The lowest BCUT2D eigenvalue weighted by molar-refractivity contribution is -0.137. The number of Topliss-reactive ketones (excluding diaryl/α,β-unsaturated/α-hetero) is 2. The maximum absolute atomic E-state index is 12.5. The monoisotopic (exact) mass is 366 g/mol. The lowest BCUT2D eigenvalue weighted by Gasteiger charge is -2.13. The van der Waals surface area contributed by atoms with Crippen molar-refractivity contribution in [2.24, 2.45) is 0 Å². The van der Waals surface area contributed by atoms with E-state index >= 15 is 0 Å². The van der Waals surface area contributed by atoms with E-state index in [4.69, 9.17) is 9.47 Å². The fourth-order valence-electron chi connectivity index (χ4n) is 2.09. The van der Waals surface area contributed by atoms with Gasteiger partial charge in [-0.15, -0.1) is 0 Å². The lowest BCUT2D eigenvalue weighted by Crippen LogP contribution is -2.25. The molecule has 2 aromatic rings. The summed E-state index contributed by atoms with van der Waals surface area (Å²) in [6, 6.07) is 10.6. The molecule has 2 rings (SSSR count). The third kappa shape index (κ3) is 5.61. The van der Waals surface area contributed by atoms with Gasteiger partial charge in [-0.25, -0.2) is 0 Å². The molecule has 0 aliphatic rings. The van der Waals surface area contributed by atoms with Crippen molar-refractivity contribution in [3.8, 4) is 17.2 Å². The van der Waals surface area contributed by atoms with Gasteiger partial charge < -0.3 is 9.47 Å². The molecule has 0 bridgehead atoms. The van der Waals surface area contributed by atoms with Crippen LogP contribution in [-0.2, 0) is 15.8 Å². The Kier molecular flexibility index (Phi) is 6.02. The van der Waals surface area contributed by atoms with Crippen molar-refractivity contribution in [2.75, 3.05) is 0 Å². The van der Waals surface area contributed by atoms with Crippen LogP contribution in [-0.4, -0.2) is 17.7 Å². The van der Waals surface area contributed by atoms with E-state index in [2.05, 4.69) is 0 Å². The molecule has 26 heavy (non-hydrogen) atoms. The Labute approximate surface area is 148 Å². The van der Waals surface area contributed by atoms with Crippen molar-refractivity contribution in [1.82, 2.24) is 0 Å². The molecule has 0 saturated heterocycles. The second-order valence-corrected chi connectivity index (χ2v) is 5.70. The molecule has 0 amide bonds. The van der Waals surface area contributed by atoms with E-state index < -0.39 is 17.8 Å². The molecule has 4 nitrogen and oxygen atoms in total. The fourth-order valence-corrected chi connectivity index (χ4v) is 2.09. The van der Waals surface area contributed by atoms with Crippen LogP contribution in [0, 0.1) is 0 Å². The number of hydrogen-bond acceptors (Lipinski definition) is 4. The number of ketones is 2. The van der Waals surface area contributed by atoms with Gasteiger partial charge in [0.05, 0.1) is 12.0 Å². The summed E-state index contributed by atoms with van der Waals surface area (Å²) in [7, 11) is 0. The molecule has 0 radical (unpaired) electrons. The average molecular weight is 366 g/mol. The highest BCUT2D eigenvalue weighted by molar-refractivity contribution is 6.00. The van der Waals surface area contributed by atoms with Crippen LogP contribution < -0.4 is 9.47 Å². The van der Waals surface area contributed by atoms with Crippen LogP contribution >= 0.6 is 0 Å². The Hall–Kier alpha value is -2.83. The molecule has 0 fully saturated rings. The smallest absolute Gasteiger partial charge is 0.416 e. The highest BCUT2D eigenvalue weighted by atomic mass is 19.4. The van der Waals surface area contributed by atoms with Gasteiger partial charge in [-0.1, -0.05) is 0 Å². The van der Waals surface area contributed by atoms with Crippen LogP contribution in [0.2, 0.25) is 0 Å². The molecule has 7 heteroatoms. The Morgan fingerprint density at radius 1 is 0.923 bits per heavy atom.